The standard InChI is InChI=1S/C27H33NO7S2/c1-17(2)21-13-19(14-22(18(3)4)25(21)35-27(30)20-9-7-6-8-10-20)15-23-26(37(31,32)33)28(11-12-36-23)16-24(29)34-5/h6-10,13-15,17-18,26H,11-12,16H2,1-5H3,(H,31,32,33). The number of hydrogen-bond donors (Lipinski definition) is 1. The molecule has 0 saturated carbocycles. The molecule has 0 bridgehead atoms. The zero-order valence-corrected chi connectivity index (χ0v) is 23.3. The van der Waals surface area contributed by atoms with E-state index in [4.69, 9.17) is 9.47 Å². The van der Waals surface area contributed by atoms with Crippen LogP contribution in [0.1, 0.15) is 66.6 Å². The van der Waals surface area contributed by atoms with Crippen LogP contribution in [-0.4, -0.2) is 61.1 Å². The Hall–Kier alpha value is -2.66. The normalized spacial score (nSPS) is 17.8. The van der Waals surface area contributed by atoms with E-state index in [-0.39, 0.29) is 18.4 Å². The maximum Gasteiger partial charge on any atom is 0.343 e. The van der Waals surface area contributed by atoms with Gasteiger partial charge in [-0.25, -0.2) is 4.79 Å². The van der Waals surface area contributed by atoms with Crippen molar-refractivity contribution in [3.8, 4) is 5.75 Å². The van der Waals surface area contributed by atoms with Gasteiger partial charge >= 0.3 is 11.9 Å². The van der Waals surface area contributed by atoms with Crippen molar-refractivity contribution >= 4 is 39.9 Å². The molecule has 1 heterocycles. The van der Waals surface area contributed by atoms with Gasteiger partial charge < -0.3 is 9.47 Å². The molecule has 1 saturated heterocycles. The molecule has 1 fully saturated rings. The lowest BCUT2D eigenvalue weighted by molar-refractivity contribution is -0.141. The molecule has 3 rings (SSSR count). The maximum atomic E-state index is 12.9. The van der Waals surface area contributed by atoms with Crippen molar-refractivity contribution in [2.75, 3.05) is 26.0 Å². The van der Waals surface area contributed by atoms with Gasteiger partial charge in [-0.2, -0.15) is 8.42 Å². The Morgan fingerprint density at radius 1 is 1.11 bits per heavy atom. The number of hydrogen-bond acceptors (Lipinski definition) is 8. The van der Waals surface area contributed by atoms with E-state index in [0.717, 1.165) is 11.1 Å². The summed E-state index contributed by atoms with van der Waals surface area (Å²) >= 11 is 1.31. The molecule has 200 valence electrons. The van der Waals surface area contributed by atoms with Crippen molar-refractivity contribution in [3.63, 3.8) is 0 Å². The fraction of sp³-hybridized carbons (Fsp3) is 0.407. The van der Waals surface area contributed by atoms with Crippen LogP contribution in [-0.2, 0) is 19.6 Å². The zero-order chi connectivity index (χ0) is 27.3. The summed E-state index contributed by atoms with van der Waals surface area (Å²) in [5, 5.41) is -1.38. The fourth-order valence-electron chi connectivity index (χ4n) is 4.14. The summed E-state index contributed by atoms with van der Waals surface area (Å²) in [5.41, 5.74) is 2.76. The van der Waals surface area contributed by atoms with Crippen LogP contribution in [0.3, 0.4) is 0 Å². The number of nitrogens with zero attached hydrogens (tertiary/aromatic N) is 1. The van der Waals surface area contributed by atoms with E-state index in [0.29, 0.717) is 34.1 Å². The van der Waals surface area contributed by atoms with Gasteiger partial charge in [-0.3, -0.25) is 14.2 Å². The van der Waals surface area contributed by atoms with E-state index in [9.17, 15) is 22.6 Å². The maximum absolute atomic E-state index is 12.9. The Balaban J connectivity index is 2.09. The lowest BCUT2D eigenvalue weighted by atomic mass is 9.91. The SMILES string of the molecule is COC(=O)CN1CCSC(=Cc2cc(C(C)C)c(OC(=O)c3ccccc3)c(C(C)C)c2)C1S(=O)(=O)O. The molecule has 1 aliphatic heterocycles. The average molecular weight is 548 g/mol. The third-order valence-corrected chi connectivity index (χ3v) is 8.32. The van der Waals surface area contributed by atoms with E-state index in [2.05, 4.69) is 0 Å². The molecule has 1 unspecified atom stereocenters. The van der Waals surface area contributed by atoms with E-state index >= 15 is 0 Å². The smallest absolute Gasteiger partial charge is 0.343 e. The van der Waals surface area contributed by atoms with E-state index in [1.165, 1.54) is 23.8 Å². The van der Waals surface area contributed by atoms with Crippen LogP contribution < -0.4 is 4.74 Å². The van der Waals surface area contributed by atoms with Crippen LogP contribution in [0, 0.1) is 0 Å². The molecular formula is C27H33NO7S2. The second-order valence-corrected chi connectivity index (χ2v) is 12.0. The number of esters is 2. The van der Waals surface area contributed by atoms with Crippen LogP contribution in [0.2, 0.25) is 0 Å². The highest BCUT2D eigenvalue weighted by atomic mass is 32.2. The van der Waals surface area contributed by atoms with Crippen molar-refractivity contribution in [3.05, 3.63) is 69.6 Å². The van der Waals surface area contributed by atoms with Crippen molar-refractivity contribution in [1.82, 2.24) is 4.90 Å². The number of thioether (sulfide) groups is 1. The highest BCUT2D eigenvalue weighted by Gasteiger charge is 2.38. The Labute approximate surface area is 222 Å². The largest absolute Gasteiger partial charge is 0.468 e. The second kappa shape index (κ2) is 12.3. The minimum Gasteiger partial charge on any atom is -0.468 e. The molecule has 1 aliphatic rings. The highest BCUT2D eigenvalue weighted by molar-refractivity contribution is 8.04. The Morgan fingerprint density at radius 3 is 2.22 bits per heavy atom. The molecule has 10 heteroatoms. The molecule has 1 atom stereocenters. The third-order valence-electron chi connectivity index (χ3n) is 5.99. The number of benzene rings is 2. The van der Waals surface area contributed by atoms with E-state index in [1.54, 1.807) is 30.3 Å². The lowest BCUT2D eigenvalue weighted by Gasteiger charge is -2.34. The lowest BCUT2D eigenvalue weighted by Crippen LogP contribution is -2.48. The average Bonchev–Trinajstić information content (AvgIpc) is 2.84. The Kier molecular flexibility index (Phi) is 9.57. The zero-order valence-electron chi connectivity index (χ0n) is 21.6. The van der Waals surface area contributed by atoms with Gasteiger partial charge in [-0.1, -0.05) is 45.9 Å². The minimum absolute atomic E-state index is 0.00151. The summed E-state index contributed by atoms with van der Waals surface area (Å²) in [7, 11) is -3.32. The van der Waals surface area contributed by atoms with Crippen molar-refractivity contribution in [2.45, 2.75) is 44.9 Å². The number of methoxy groups -OCH3 is 1. The molecule has 1 N–H and O–H groups in total. The van der Waals surface area contributed by atoms with Crippen molar-refractivity contribution in [1.29, 1.82) is 0 Å². The molecule has 8 nitrogen and oxygen atoms in total. The predicted octanol–water partition coefficient (Wildman–Crippen LogP) is 4.93. The summed E-state index contributed by atoms with van der Waals surface area (Å²) in [6, 6.07) is 12.5. The predicted molar refractivity (Wildman–Crippen MR) is 145 cm³/mol. The molecule has 0 amide bonds. The summed E-state index contributed by atoms with van der Waals surface area (Å²) in [6.45, 7) is 8.00. The number of carbonyl (C=O) groups is 2. The molecule has 2 aromatic carbocycles. The van der Waals surface area contributed by atoms with Crippen LogP contribution in [0.4, 0.5) is 0 Å². The monoisotopic (exact) mass is 547 g/mol. The first-order valence-electron chi connectivity index (χ1n) is 12.0. The first-order valence-corrected chi connectivity index (χ1v) is 14.5. The van der Waals surface area contributed by atoms with Crippen molar-refractivity contribution in [2.24, 2.45) is 0 Å². The summed E-state index contributed by atoms with van der Waals surface area (Å²) in [6.07, 6.45) is 1.72. The number of rotatable bonds is 8. The van der Waals surface area contributed by atoms with Gasteiger partial charge in [0.25, 0.3) is 10.1 Å². The fourth-order valence-corrected chi connectivity index (χ4v) is 6.70. The van der Waals surface area contributed by atoms with Gasteiger partial charge in [0.15, 0.2) is 5.37 Å². The molecule has 0 spiro atoms. The summed E-state index contributed by atoms with van der Waals surface area (Å²) in [4.78, 5) is 26.6. The topological polar surface area (TPSA) is 110 Å². The quantitative estimate of drug-likeness (QED) is 0.279. The molecule has 2 aromatic rings. The molecule has 37 heavy (non-hydrogen) atoms. The van der Waals surface area contributed by atoms with E-state index < -0.39 is 27.4 Å². The van der Waals surface area contributed by atoms with Crippen LogP contribution in [0.5, 0.6) is 5.75 Å². The number of carbonyl (C=O) groups excluding carboxylic acids is 2. The first kappa shape index (κ1) is 28.9. The first-order chi connectivity index (χ1) is 17.4. The van der Waals surface area contributed by atoms with Gasteiger partial charge in [0.1, 0.15) is 5.75 Å². The summed E-state index contributed by atoms with van der Waals surface area (Å²) < 4.78 is 45.4. The minimum atomic E-state index is -4.55. The number of ether oxygens (including phenoxy) is 2. The second-order valence-electron chi connectivity index (χ2n) is 9.40. The van der Waals surface area contributed by atoms with Gasteiger partial charge in [-0.05, 0) is 58.9 Å². The third kappa shape index (κ3) is 7.22. The van der Waals surface area contributed by atoms with E-state index in [1.807, 2.05) is 45.9 Å². The molecule has 0 aliphatic carbocycles. The molecule has 0 aromatic heterocycles. The summed E-state index contributed by atoms with van der Waals surface area (Å²) in [5.74, 6) is -0.00788. The van der Waals surface area contributed by atoms with Gasteiger partial charge in [-0.15, -0.1) is 11.8 Å². The van der Waals surface area contributed by atoms with Gasteiger partial charge in [0.05, 0.1) is 19.2 Å². The highest BCUT2D eigenvalue weighted by Crippen LogP contribution is 2.39. The Morgan fingerprint density at radius 2 is 1.70 bits per heavy atom. The Bertz CT molecular complexity index is 1240. The van der Waals surface area contributed by atoms with Crippen LogP contribution >= 0.6 is 11.8 Å². The molecule has 0 radical (unpaired) electrons. The van der Waals surface area contributed by atoms with Crippen LogP contribution in [0.25, 0.3) is 6.08 Å². The van der Waals surface area contributed by atoms with Gasteiger partial charge in [0, 0.05) is 17.2 Å². The van der Waals surface area contributed by atoms with Gasteiger partial charge in [0.2, 0.25) is 0 Å². The molecular weight excluding hydrogens is 514 g/mol. The van der Waals surface area contributed by atoms with Crippen molar-refractivity contribution < 1.29 is 32.0 Å². The van der Waals surface area contributed by atoms with Crippen LogP contribution in [0.15, 0.2) is 47.4 Å².